The first kappa shape index (κ1) is 17.0. The number of imidazole rings is 1. The number of aromatic amines is 1. The standard InChI is InChI=1S/C19H21N3O3/c1-3-14(18-20-15-9-4-5-10-16(15)21-18)22-19(24)17(23)12-7-6-8-13(11-12)25-2/h4-11,14,17,23H,3H2,1-2H3,(H,20,21)(H,22,24)/t14-,17-/m1/s1. The molecule has 0 bridgehead atoms. The number of hydrogen-bond donors (Lipinski definition) is 3. The van der Waals surface area contributed by atoms with Gasteiger partial charge in [-0.05, 0) is 36.2 Å². The van der Waals surface area contributed by atoms with E-state index in [0.717, 1.165) is 11.0 Å². The molecule has 0 fully saturated rings. The molecule has 130 valence electrons. The zero-order chi connectivity index (χ0) is 17.8. The van der Waals surface area contributed by atoms with Gasteiger partial charge in [-0.15, -0.1) is 0 Å². The summed E-state index contributed by atoms with van der Waals surface area (Å²) in [5.74, 6) is 0.795. The van der Waals surface area contributed by atoms with Crippen LogP contribution >= 0.6 is 0 Å². The highest BCUT2D eigenvalue weighted by Gasteiger charge is 2.23. The lowest BCUT2D eigenvalue weighted by Crippen LogP contribution is -2.33. The molecule has 0 saturated carbocycles. The van der Waals surface area contributed by atoms with E-state index in [1.165, 1.54) is 0 Å². The molecule has 6 nitrogen and oxygen atoms in total. The van der Waals surface area contributed by atoms with E-state index in [1.54, 1.807) is 31.4 Å². The molecule has 1 amide bonds. The Hall–Kier alpha value is -2.86. The summed E-state index contributed by atoms with van der Waals surface area (Å²) in [6.45, 7) is 1.95. The lowest BCUT2D eigenvalue weighted by molar-refractivity contribution is -0.130. The van der Waals surface area contributed by atoms with E-state index in [4.69, 9.17) is 4.74 Å². The minimum absolute atomic E-state index is 0.305. The maximum absolute atomic E-state index is 12.5. The second-order valence-electron chi connectivity index (χ2n) is 5.79. The van der Waals surface area contributed by atoms with Gasteiger partial charge in [0.25, 0.3) is 5.91 Å². The molecule has 3 N–H and O–H groups in total. The highest BCUT2D eigenvalue weighted by molar-refractivity contribution is 5.82. The Morgan fingerprint density at radius 3 is 2.80 bits per heavy atom. The van der Waals surface area contributed by atoms with Crippen LogP contribution in [0, 0.1) is 0 Å². The number of nitrogens with zero attached hydrogens (tertiary/aromatic N) is 1. The fraction of sp³-hybridized carbons (Fsp3) is 0.263. The molecule has 0 saturated heterocycles. The molecule has 1 heterocycles. The number of para-hydroxylation sites is 2. The van der Waals surface area contributed by atoms with Crippen LogP contribution in [0.2, 0.25) is 0 Å². The number of nitrogens with one attached hydrogen (secondary N) is 2. The van der Waals surface area contributed by atoms with Crippen molar-refractivity contribution in [3.8, 4) is 5.75 Å². The number of aromatic nitrogens is 2. The van der Waals surface area contributed by atoms with Crippen LogP contribution in [-0.4, -0.2) is 28.1 Å². The minimum Gasteiger partial charge on any atom is -0.497 e. The summed E-state index contributed by atoms with van der Waals surface area (Å²) in [5, 5.41) is 13.2. The number of H-pyrrole nitrogens is 1. The van der Waals surface area contributed by atoms with Crippen LogP contribution in [0.25, 0.3) is 11.0 Å². The summed E-state index contributed by atoms with van der Waals surface area (Å²) in [7, 11) is 1.54. The zero-order valence-corrected chi connectivity index (χ0v) is 14.2. The maximum Gasteiger partial charge on any atom is 0.254 e. The zero-order valence-electron chi connectivity index (χ0n) is 14.2. The molecule has 2 atom stereocenters. The van der Waals surface area contributed by atoms with Gasteiger partial charge in [0.05, 0.1) is 24.2 Å². The quantitative estimate of drug-likeness (QED) is 0.644. The van der Waals surface area contributed by atoms with E-state index in [0.29, 0.717) is 23.6 Å². The van der Waals surface area contributed by atoms with Crippen molar-refractivity contribution < 1.29 is 14.6 Å². The van der Waals surface area contributed by atoms with Crippen LogP contribution in [0.15, 0.2) is 48.5 Å². The van der Waals surface area contributed by atoms with Gasteiger partial charge in [0.15, 0.2) is 6.10 Å². The van der Waals surface area contributed by atoms with Crippen molar-refractivity contribution in [2.75, 3.05) is 7.11 Å². The van der Waals surface area contributed by atoms with E-state index in [1.807, 2.05) is 31.2 Å². The molecule has 25 heavy (non-hydrogen) atoms. The molecule has 0 aliphatic carbocycles. The largest absolute Gasteiger partial charge is 0.497 e. The monoisotopic (exact) mass is 339 g/mol. The van der Waals surface area contributed by atoms with Crippen molar-refractivity contribution in [2.24, 2.45) is 0 Å². The molecule has 3 aromatic rings. The molecular weight excluding hydrogens is 318 g/mol. The van der Waals surface area contributed by atoms with Gasteiger partial charge < -0.3 is 20.1 Å². The lowest BCUT2D eigenvalue weighted by atomic mass is 10.1. The Kier molecular flexibility index (Phi) is 5.00. The van der Waals surface area contributed by atoms with Crippen molar-refractivity contribution >= 4 is 16.9 Å². The Morgan fingerprint density at radius 2 is 2.08 bits per heavy atom. The van der Waals surface area contributed by atoms with E-state index in [-0.39, 0.29) is 6.04 Å². The third kappa shape index (κ3) is 3.64. The van der Waals surface area contributed by atoms with Crippen molar-refractivity contribution in [3.05, 3.63) is 59.9 Å². The second kappa shape index (κ2) is 7.36. The number of benzene rings is 2. The first-order chi connectivity index (χ1) is 12.1. The summed E-state index contributed by atoms with van der Waals surface area (Å²) in [6, 6.07) is 14.2. The Balaban J connectivity index is 1.77. The first-order valence-electron chi connectivity index (χ1n) is 8.19. The van der Waals surface area contributed by atoms with Gasteiger partial charge in [-0.1, -0.05) is 31.2 Å². The Morgan fingerprint density at radius 1 is 1.28 bits per heavy atom. The number of amides is 1. The minimum atomic E-state index is -1.27. The molecular formula is C19H21N3O3. The van der Waals surface area contributed by atoms with Crippen molar-refractivity contribution in [1.82, 2.24) is 15.3 Å². The van der Waals surface area contributed by atoms with Crippen molar-refractivity contribution in [2.45, 2.75) is 25.5 Å². The molecule has 0 aliphatic rings. The highest BCUT2D eigenvalue weighted by atomic mass is 16.5. The molecule has 2 aromatic carbocycles. The maximum atomic E-state index is 12.5. The average molecular weight is 339 g/mol. The smallest absolute Gasteiger partial charge is 0.254 e. The number of aliphatic hydroxyl groups is 1. The SMILES string of the molecule is CC[C@@H](NC(=O)[C@H](O)c1cccc(OC)c1)c1nc2ccccc2[nH]1. The van der Waals surface area contributed by atoms with Crippen LogP contribution in [0.4, 0.5) is 0 Å². The summed E-state index contributed by atoms with van der Waals surface area (Å²) < 4.78 is 5.13. The molecule has 0 radical (unpaired) electrons. The van der Waals surface area contributed by atoms with E-state index in [9.17, 15) is 9.90 Å². The van der Waals surface area contributed by atoms with Gasteiger partial charge in [0.1, 0.15) is 11.6 Å². The fourth-order valence-electron chi connectivity index (χ4n) is 2.71. The third-order valence-electron chi connectivity index (χ3n) is 4.12. The third-order valence-corrected chi connectivity index (χ3v) is 4.12. The Bertz CT molecular complexity index is 842. The van der Waals surface area contributed by atoms with Gasteiger partial charge in [-0.2, -0.15) is 0 Å². The fourth-order valence-corrected chi connectivity index (χ4v) is 2.71. The topological polar surface area (TPSA) is 87.2 Å². The van der Waals surface area contributed by atoms with Crippen molar-refractivity contribution in [3.63, 3.8) is 0 Å². The predicted molar refractivity (Wildman–Crippen MR) is 95.2 cm³/mol. The van der Waals surface area contributed by atoms with Gasteiger partial charge in [0.2, 0.25) is 0 Å². The van der Waals surface area contributed by atoms with Gasteiger partial charge in [-0.25, -0.2) is 4.98 Å². The number of rotatable bonds is 6. The van der Waals surface area contributed by atoms with E-state index in [2.05, 4.69) is 15.3 Å². The normalized spacial score (nSPS) is 13.4. The summed E-state index contributed by atoms with van der Waals surface area (Å²) in [5.41, 5.74) is 2.24. The second-order valence-corrected chi connectivity index (χ2v) is 5.79. The van der Waals surface area contributed by atoms with E-state index >= 15 is 0 Å². The summed E-state index contributed by atoms with van der Waals surface area (Å²) in [6.07, 6.45) is -0.621. The highest BCUT2D eigenvalue weighted by Crippen LogP contribution is 2.22. The first-order valence-corrected chi connectivity index (χ1v) is 8.19. The molecule has 3 rings (SSSR count). The summed E-state index contributed by atoms with van der Waals surface area (Å²) in [4.78, 5) is 20.2. The van der Waals surface area contributed by atoms with Crippen molar-refractivity contribution in [1.29, 1.82) is 0 Å². The number of aliphatic hydroxyl groups excluding tert-OH is 1. The van der Waals surface area contributed by atoms with Crippen LogP contribution in [0.1, 0.15) is 36.9 Å². The molecule has 1 aromatic heterocycles. The predicted octanol–water partition coefficient (Wildman–Crippen LogP) is 2.87. The lowest BCUT2D eigenvalue weighted by Gasteiger charge is -2.18. The molecule has 0 unspecified atom stereocenters. The number of ether oxygens (including phenoxy) is 1. The number of fused-ring (bicyclic) bond motifs is 1. The molecule has 6 heteroatoms. The number of methoxy groups -OCH3 is 1. The van der Waals surface area contributed by atoms with Gasteiger partial charge >= 0.3 is 0 Å². The van der Waals surface area contributed by atoms with Gasteiger partial charge in [0, 0.05) is 0 Å². The van der Waals surface area contributed by atoms with Crippen LogP contribution in [-0.2, 0) is 4.79 Å². The Labute approximate surface area is 145 Å². The summed E-state index contributed by atoms with van der Waals surface area (Å²) >= 11 is 0. The number of carbonyl (C=O) groups is 1. The van der Waals surface area contributed by atoms with E-state index < -0.39 is 12.0 Å². The average Bonchev–Trinajstić information content (AvgIpc) is 3.09. The van der Waals surface area contributed by atoms with Crippen LogP contribution in [0.3, 0.4) is 0 Å². The molecule has 0 spiro atoms. The van der Waals surface area contributed by atoms with Crippen LogP contribution in [0.5, 0.6) is 5.75 Å². The molecule has 0 aliphatic heterocycles. The van der Waals surface area contributed by atoms with Crippen LogP contribution < -0.4 is 10.1 Å². The number of carbonyl (C=O) groups excluding carboxylic acids is 1. The number of hydrogen-bond acceptors (Lipinski definition) is 4. The van der Waals surface area contributed by atoms with Gasteiger partial charge in [-0.3, -0.25) is 4.79 Å².